The highest BCUT2D eigenvalue weighted by Gasteiger charge is 2.39. The number of fused-ring (bicyclic) bond motifs is 1. The Bertz CT molecular complexity index is 346. The number of hydrogen-bond acceptors (Lipinski definition) is 3. The van der Waals surface area contributed by atoms with Crippen LogP contribution in [0.15, 0.2) is 0 Å². The molecule has 0 aliphatic carbocycles. The largest absolute Gasteiger partial charge is 0.336 e. The first-order valence-electron chi connectivity index (χ1n) is 7.94. The average Bonchev–Trinajstić information content (AvgIpc) is 2.84. The molecule has 4 atom stereocenters. The third-order valence-corrected chi connectivity index (χ3v) is 5.26. The monoisotopic (exact) mass is 265 g/mol. The first-order valence-corrected chi connectivity index (χ1v) is 7.94. The zero-order valence-corrected chi connectivity index (χ0v) is 12.3. The van der Waals surface area contributed by atoms with Crippen molar-refractivity contribution in [1.82, 2.24) is 15.1 Å². The van der Waals surface area contributed by atoms with E-state index >= 15 is 0 Å². The fourth-order valence-corrected chi connectivity index (χ4v) is 4.05. The SMILES string of the molecule is CC1CCCNC1C(=O)N1CC2CCCN2CC1C. The second-order valence-corrected chi connectivity index (χ2v) is 6.68. The van der Waals surface area contributed by atoms with E-state index in [1.165, 1.54) is 32.2 Å². The van der Waals surface area contributed by atoms with E-state index in [4.69, 9.17) is 0 Å². The van der Waals surface area contributed by atoms with Crippen molar-refractivity contribution in [1.29, 1.82) is 0 Å². The second kappa shape index (κ2) is 5.41. The lowest BCUT2D eigenvalue weighted by Gasteiger charge is -2.44. The minimum atomic E-state index is 0.0594. The van der Waals surface area contributed by atoms with Crippen LogP contribution in [0.25, 0.3) is 0 Å². The summed E-state index contributed by atoms with van der Waals surface area (Å²) in [4.78, 5) is 17.5. The van der Waals surface area contributed by atoms with Gasteiger partial charge < -0.3 is 10.2 Å². The summed E-state index contributed by atoms with van der Waals surface area (Å²) in [5, 5.41) is 3.44. The summed E-state index contributed by atoms with van der Waals surface area (Å²) < 4.78 is 0. The van der Waals surface area contributed by atoms with Crippen molar-refractivity contribution in [3.05, 3.63) is 0 Å². The van der Waals surface area contributed by atoms with Crippen molar-refractivity contribution in [2.75, 3.05) is 26.2 Å². The molecule has 4 heteroatoms. The van der Waals surface area contributed by atoms with Crippen LogP contribution in [0.1, 0.15) is 39.5 Å². The molecule has 19 heavy (non-hydrogen) atoms. The van der Waals surface area contributed by atoms with E-state index in [0.717, 1.165) is 19.6 Å². The molecule has 3 fully saturated rings. The van der Waals surface area contributed by atoms with Crippen molar-refractivity contribution in [2.24, 2.45) is 5.92 Å². The second-order valence-electron chi connectivity index (χ2n) is 6.68. The normalized spacial score (nSPS) is 40.2. The number of piperidine rings is 1. The fourth-order valence-electron chi connectivity index (χ4n) is 4.05. The minimum absolute atomic E-state index is 0.0594. The highest BCUT2D eigenvalue weighted by molar-refractivity contribution is 5.82. The van der Waals surface area contributed by atoms with Crippen LogP contribution in [0, 0.1) is 5.92 Å². The number of nitrogens with zero attached hydrogens (tertiary/aromatic N) is 2. The van der Waals surface area contributed by atoms with Gasteiger partial charge in [0.05, 0.1) is 6.04 Å². The molecule has 0 bridgehead atoms. The molecule has 0 aromatic carbocycles. The van der Waals surface area contributed by atoms with Crippen LogP contribution in [-0.4, -0.2) is 60.0 Å². The minimum Gasteiger partial charge on any atom is -0.336 e. The van der Waals surface area contributed by atoms with E-state index in [2.05, 4.69) is 29.0 Å². The molecule has 0 radical (unpaired) electrons. The first-order chi connectivity index (χ1) is 9.16. The molecule has 3 aliphatic rings. The first kappa shape index (κ1) is 13.4. The maximum Gasteiger partial charge on any atom is 0.240 e. The van der Waals surface area contributed by atoms with E-state index in [1.807, 2.05) is 0 Å². The van der Waals surface area contributed by atoms with Crippen LogP contribution in [-0.2, 0) is 4.79 Å². The number of nitrogens with one attached hydrogen (secondary N) is 1. The quantitative estimate of drug-likeness (QED) is 0.770. The van der Waals surface area contributed by atoms with Gasteiger partial charge in [-0.2, -0.15) is 0 Å². The lowest BCUT2D eigenvalue weighted by molar-refractivity contribution is -0.141. The van der Waals surface area contributed by atoms with E-state index in [-0.39, 0.29) is 6.04 Å². The molecule has 3 aliphatic heterocycles. The third-order valence-electron chi connectivity index (χ3n) is 5.26. The molecular formula is C15H27N3O. The Hall–Kier alpha value is -0.610. The summed E-state index contributed by atoms with van der Waals surface area (Å²) >= 11 is 0. The number of hydrogen-bond donors (Lipinski definition) is 1. The van der Waals surface area contributed by atoms with Gasteiger partial charge in [-0.15, -0.1) is 0 Å². The van der Waals surface area contributed by atoms with Crippen molar-refractivity contribution < 1.29 is 4.79 Å². The predicted octanol–water partition coefficient (Wildman–Crippen LogP) is 1.07. The van der Waals surface area contributed by atoms with Crippen LogP contribution in [0.2, 0.25) is 0 Å². The van der Waals surface area contributed by atoms with E-state index in [0.29, 0.717) is 23.9 Å². The van der Waals surface area contributed by atoms with E-state index < -0.39 is 0 Å². The molecule has 1 N–H and O–H groups in total. The Kier molecular flexibility index (Phi) is 3.81. The molecule has 3 heterocycles. The zero-order valence-electron chi connectivity index (χ0n) is 12.3. The van der Waals surface area contributed by atoms with Gasteiger partial charge in [-0.1, -0.05) is 6.92 Å². The van der Waals surface area contributed by atoms with Gasteiger partial charge in [-0.3, -0.25) is 9.69 Å². The van der Waals surface area contributed by atoms with Gasteiger partial charge in [0.2, 0.25) is 5.91 Å². The standard InChI is InChI=1S/C15H27N3O/c1-11-5-3-7-16-14(11)15(19)18-10-13-6-4-8-17(13)9-12(18)2/h11-14,16H,3-10H2,1-2H3. The molecule has 108 valence electrons. The van der Waals surface area contributed by atoms with Gasteiger partial charge in [-0.05, 0) is 51.6 Å². The van der Waals surface area contributed by atoms with Crippen LogP contribution in [0.4, 0.5) is 0 Å². The molecule has 1 amide bonds. The fraction of sp³-hybridized carbons (Fsp3) is 0.933. The number of amides is 1. The van der Waals surface area contributed by atoms with Crippen LogP contribution in [0.3, 0.4) is 0 Å². The molecule has 0 spiro atoms. The van der Waals surface area contributed by atoms with Crippen molar-refractivity contribution in [3.63, 3.8) is 0 Å². The Morgan fingerprint density at radius 1 is 1.16 bits per heavy atom. The Morgan fingerprint density at radius 2 is 2.00 bits per heavy atom. The van der Waals surface area contributed by atoms with E-state index in [1.54, 1.807) is 0 Å². The lowest BCUT2D eigenvalue weighted by atomic mass is 9.91. The van der Waals surface area contributed by atoms with E-state index in [9.17, 15) is 4.79 Å². The summed E-state index contributed by atoms with van der Waals surface area (Å²) in [6.45, 7) is 8.67. The summed E-state index contributed by atoms with van der Waals surface area (Å²) in [6.07, 6.45) is 4.96. The van der Waals surface area contributed by atoms with Crippen molar-refractivity contribution in [2.45, 2.75) is 57.7 Å². The smallest absolute Gasteiger partial charge is 0.240 e. The molecule has 0 saturated carbocycles. The number of carbonyl (C=O) groups is 1. The van der Waals surface area contributed by atoms with Gasteiger partial charge in [0.25, 0.3) is 0 Å². The summed E-state index contributed by atoms with van der Waals surface area (Å²) in [5.41, 5.74) is 0. The van der Waals surface area contributed by atoms with Crippen LogP contribution < -0.4 is 5.32 Å². The van der Waals surface area contributed by atoms with Gasteiger partial charge >= 0.3 is 0 Å². The highest BCUT2D eigenvalue weighted by Crippen LogP contribution is 2.26. The van der Waals surface area contributed by atoms with Gasteiger partial charge in [-0.25, -0.2) is 0 Å². The topological polar surface area (TPSA) is 35.6 Å². The number of carbonyl (C=O) groups excluding carboxylic acids is 1. The Labute approximate surface area is 116 Å². The Balaban J connectivity index is 1.68. The summed E-state index contributed by atoms with van der Waals surface area (Å²) in [6, 6.07) is 1.06. The van der Waals surface area contributed by atoms with Gasteiger partial charge in [0.1, 0.15) is 0 Å². The molecule has 0 aromatic heterocycles. The lowest BCUT2D eigenvalue weighted by Crippen LogP contribution is -2.61. The van der Waals surface area contributed by atoms with Crippen molar-refractivity contribution >= 4 is 5.91 Å². The molecule has 4 nitrogen and oxygen atoms in total. The molecule has 4 unspecified atom stereocenters. The average molecular weight is 265 g/mol. The zero-order chi connectivity index (χ0) is 13.4. The van der Waals surface area contributed by atoms with Crippen LogP contribution >= 0.6 is 0 Å². The van der Waals surface area contributed by atoms with Gasteiger partial charge in [0.15, 0.2) is 0 Å². The third kappa shape index (κ3) is 2.52. The maximum absolute atomic E-state index is 12.8. The number of rotatable bonds is 1. The predicted molar refractivity (Wildman–Crippen MR) is 76.0 cm³/mol. The van der Waals surface area contributed by atoms with Gasteiger partial charge in [0, 0.05) is 25.2 Å². The summed E-state index contributed by atoms with van der Waals surface area (Å²) in [7, 11) is 0. The number of piperazine rings is 1. The summed E-state index contributed by atoms with van der Waals surface area (Å²) in [5.74, 6) is 0.835. The molecule has 0 aromatic rings. The molecular weight excluding hydrogens is 238 g/mol. The highest BCUT2D eigenvalue weighted by atomic mass is 16.2. The van der Waals surface area contributed by atoms with Crippen LogP contribution in [0.5, 0.6) is 0 Å². The maximum atomic E-state index is 12.8. The Morgan fingerprint density at radius 3 is 2.79 bits per heavy atom. The molecule has 3 rings (SSSR count). The molecule has 3 saturated heterocycles. The van der Waals surface area contributed by atoms with Crippen molar-refractivity contribution in [3.8, 4) is 0 Å².